The van der Waals surface area contributed by atoms with E-state index in [4.69, 9.17) is 17.0 Å². The van der Waals surface area contributed by atoms with Crippen molar-refractivity contribution in [2.45, 2.75) is 44.1 Å². The number of methoxy groups -OCH3 is 1. The van der Waals surface area contributed by atoms with E-state index in [0.717, 1.165) is 17.8 Å². The minimum absolute atomic E-state index is 0.00718. The Balaban J connectivity index is 1.52. The van der Waals surface area contributed by atoms with Crippen LogP contribution in [0.3, 0.4) is 0 Å². The van der Waals surface area contributed by atoms with Crippen LogP contribution in [0.2, 0.25) is 0 Å². The molecule has 0 radical (unpaired) electrons. The summed E-state index contributed by atoms with van der Waals surface area (Å²) in [6.45, 7) is 0. The molecule has 0 aliphatic heterocycles. The van der Waals surface area contributed by atoms with Crippen LogP contribution >= 0.6 is 12.2 Å². The van der Waals surface area contributed by atoms with Crippen LogP contribution in [0.25, 0.3) is 0 Å². The normalized spacial score (nSPS) is 31.5. The van der Waals surface area contributed by atoms with Gasteiger partial charge in [0.05, 0.1) is 23.8 Å². The lowest BCUT2D eigenvalue weighted by atomic mass is 9.52. The van der Waals surface area contributed by atoms with Gasteiger partial charge < -0.3 is 15.0 Å². The summed E-state index contributed by atoms with van der Waals surface area (Å²) in [7, 11) is 3.61. The van der Waals surface area contributed by atoms with E-state index in [9.17, 15) is 10.1 Å². The summed E-state index contributed by atoms with van der Waals surface area (Å²) in [6, 6.07) is 4.56. The molecular weight excluding hydrogens is 350 g/mol. The Kier molecular flexibility index (Phi) is 4.29. The molecule has 7 heteroatoms. The fourth-order valence-electron chi connectivity index (χ4n) is 5.79. The molecule has 4 aliphatic rings. The second-order valence-corrected chi connectivity index (χ2v) is 8.66. The third-order valence-electron chi connectivity index (χ3n) is 6.66. The Morgan fingerprint density at radius 1 is 1.27 bits per heavy atom. The topological polar surface area (TPSA) is 67.6 Å². The summed E-state index contributed by atoms with van der Waals surface area (Å²) in [5.74, 6) is 2.97. The Morgan fingerprint density at radius 3 is 2.35 bits per heavy atom. The summed E-state index contributed by atoms with van der Waals surface area (Å²) < 4.78 is 5.32. The van der Waals surface area contributed by atoms with Crippen molar-refractivity contribution in [2.75, 3.05) is 19.5 Å². The number of nitro groups is 1. The molecule has 140 valence electrons. The molecule has 26 heavy (non-hydrogen) atoms. The van der Waals surface area contributed by atoms with Gasteiger partial charge in [-0.1, -0.05) is 0 Å². The maximum absolute atomic E-state index is 11.0. The van der Waals surface area contributed by atoms with Gasteiger partial charge in [0.2, 0.25) is 0 Å². The molecule has 5 rings (SSSR count). The van der Waals surface area contributed by atoms with Gasteiger partial charge in [0.15, 0.2) is 5.11 Å². The first-order valence-electron chi connectivity index (χ1n) is 9.27. The van der Waals surface area contributed by atoms with E-state index in [1.54, 1.807) is 6.07 Å². The van der Waals surface area contributed by atoms with E-state index in [0.29, 0.717) is 16.5 Å². The monoisotopic (exact) mass is 375 g/mol. The number of nitrogens with zero attached hydrogens (tertiary/aromatic N) is 2. The van der Waals surface area contributed by atoms with Crippen molar-refractivity contribution >= 4 is 28.7 Å². The van der Waals surface area contributed by atoms with E-state index in [1.807, 2.05) is 0 Å². The molecule has 4 fully saturated rings. The van der Waals surface area contributed by atoms with Gasteiger partial charge in [-0.15, -0.1) is 0 Å². The van der Waals surface area contributed by atoms with Crippen LogP contribution in [0.1, 0.15) is 38.5 Å². The highest BCUT2D eigenvalue weighted by Crippen LogP contribution is 2.57. The minimum atomic E-state index is -0.424. The molecule has 0 aromatic heterocycles. The zero-order chi connectivity index (χ0) is 18.5. The number of nitro benzene ring substituents is 1. The van der Waals surface area contributed by atoms with Crippen molar-refractivity contribution in [1.82, 2.24) is 4.90 Å². The van der Waals surface area contributed by atoms with Gasteiger partial charge in [0, 0.05) is 18.7 Å². The van der Waals surface area contributed by atoms with E-state index in [-0.39, 0.29) is 11.2 Å². The Labute approximate surface area is 159 Å². The lowest BCUT2D eigenvalue weighted by Crippen LogP contribution is -2.60. The van der Waals surface area contributed by atoms with Crippen molar-refractivity contribution in [2.24, 2.45) is 17.8 Å². The molecule has 6 nitrogen and oxygen atoms in total. The summed E-state index contributed by atoms with van der Waals surface area (Å²) in [5.41, 5.74) is 0.847. The number of nitrogens with one attached hydrogen (secondary N) is 1. The molecule has 0 heterocycles. The van der Waals surface area contributed by atoms with Crippen molar-refractivity contribution in [3.05, 3.63) is 28.3 Å². The molecule has 0 amide bonds. The standard InChI is InChI=1S/C19H25N3O3S/c1-21(19-9-12-5-13(10-19)7-14(6-12)11-19)18(26)20-16-4-3-15(22(23)24)8-17(16)25-2/h3-4,8,12-14H,5-7,9-11H2,1-2H3,(H,20,26). The van der Waals surface area contributed by atoms with Gasteiger partial charge in [-0.05, 0) is 74.6 Å². The summed E-state index contributed by atoms with van der Waals surface area (Å²) in [5, 5.41) is 14.9. The third kappa shape index (κ3) is 2.92. The van der Waals surface area contributed by atoms with Crippen LogP contribution < -0.4 is 10.1 Å². The molecule has 4 aliphatic carbocycles. The number of hydrogen-bond donors (Lipinski definition) is 1. The highest BCUT2D eigenvalue weighted by molar-refractivity contribution is 7.80. The molecule has 1 aromatic rings. The number of non-ortho nitro benzene ring substituents is 1. The maximum Gasteiger partial charge on any atom is 0.273 e. The molecule has 0 spiro atoms. The molecule has 4 saturated carbocycles. The number of thiocarbonyl (C=S) groups is 1. The minimum Gasteiger partial charge on any atom is -0.494 e. The van der Waals surface area contributed by atoms with E-state index in [1.165, 1.54) is 57.8 Å². The fourth-order valence-corrected chi connectivity index (χ4v) is 6.09. The SMILES string of the molecule is COc1cc([N+](=O)[O-])ccc1NC(=S)N(C)C12CC3CC(CC(C3)C1)C2. The lowest BCUT2D eigenvalue weighted by molar-refractivity contribution is -0.384. The highest BCUT2D eigenvalue weighted by atomic mass is 32.1. The number of rotatable bonds is 4. The smallest absolute Gasteiger partial charge is 0.273 e. The highest BCUT2D eigenvalue weighted by Gasteiger charge is 2.53. The van der Waals surface area contributed by atoms with Crippen LogP contribution in [0.5, 0.6) is 5.75 Å². The Bertz CT molecular complexity index is 716. The zero-order valence-corrected chi connectivity index (χ0v) is 16.1. The average molecular weight is 375 g/mol. The first kappa shape index (κ1) is 17.5. The number of hydrogen-bond acceptors (Lipinski definition) is 4. The number of anilines is 1. The quantitative estimate of drug-likeness (QED) is 0.483. The largest absolute Gasteiger partial charge is 0.494 e. The molecule has 0 atom stereocenters. The van der Waals surface area contributed by atoms with Crippen LogP contribution in [-0.2, 0) is 0 Å². The second-order valence-electron chi connectivity index (χ2n) is 8.27. The molecule has 0 unspecified atom stereocenters. The van der Waals surface area contributed by atoms with Gasteiger partial charge in [0.1, 0.15) is 5.75 Å². The van der Waals surface area contributed by atoms with E-state index in [2.05, 4.69) is 17.3 Å². The molecule has 0 saturated heterocycles. The van der Waals surface area contributed by atoms with Gasteiger partial charge in [0.25, 0.3) is 5.69 Å². The first-order valence-corrected chi connectivity index (χ1v) is 9.68. The molecule has 1 N–H and O–H groups in total. The van der Waals surface area contributed by atoms with Crippen LogP contribution in [0.4, 0.5) is 11.4 Å². The summed E-state index contributed by atoms with van der Waals surface area (Å²) in [4.78, 5) is 12.8. The van der Waals surface area contributed by atoms with Gasteiger partial charge in [-0.3, -0.25) is 10.1 Å². The van der Waals surface area contributed by atoms with Gasteiger partial charge in [-0.2, -0.15) is 0 Å². The second kappa shape index (κ2) is 6.37. The lowest BCUT2D eigenvalue weighted by Gasteiger charge is -2.60. The van der Waals surface area contributed by atoms with Crippen molar-refractivity contribution < 1.29 is 9.66 Å². The Morgan fingerprint density at radius 2 is 1.85 bits per heavy atom. The maximum atomic E-state index is 11.0. The third-order valence-corrected chi connectivity index (χ3v) is 7.04. The number of ether oxygens (including phenoxy) is 1. The van der Waals surface area contributed by atoms with Crippen molar-refractivity contribution in [3.63, 3.8) is 0 Å². The molecule has 4 bridgehead atoms. The zero-order valence-electron chi connectivity index (χ0n) is 15.2. The predicted molar refractivity (Wildman–Crippen MR) is 105 cm³/mol. The van der Waals surface area contributed by atoms with Crippen LogP contribution in [0, 0.1) is 27.9 Å². The average Bonchev–Trinajstić information content (AvgIpc) is 2.60. The first-order chi connectivity index (χ1) is 12.4. The van der Waals surface area contributed by atoms with E-state index >= 15 is 0 Å². The van der Waals surface area contributed by atoms with Gasteiger partial charge >= 0.3 is 0 Å². The summed E-state index contributed by atoms with van der Waals surface area (Å²) >= 11 is 5.71. The van der Waals surface area contributed by atoms with Crippen LogP contribution in [0.15, 0.2) is 18.2 Å². The summed E-state index contributed by atoms with van der Waals surface area (Å²) in [6.07, 6.45) is 7.87. The van der Waals surface area contributed by atoms with Crippen LogP contribution in [-0.4, -0.2) is 34.6 Å². The van der Waals surface area contributed by atoms with Gasteiger partial charge in [-0.25, -0.2) is 0 Å². The molecule has 1 aromatic carbocycles. The Hall–Kier alpha value is -1.89. The fraction of sp³-hybridized carbons (Fsp3) is 0.632. The predicted octanol–water partition coefficient (Wildman–Crippen LogP) is 4.20. The van der Waals surface area contributed by atoms with E-state index < -0.39 is 4.92 Å². The van der Waals surface area contributed by atoms with Crippen molar-refractivity contribution in [3.8, 4) is 5.75 Å². The van der Waals surface area contributed by atoms with Crippen molar-refractivity contribution in [1.29, 1.82) is 0 Å². The molecular formula is C19H25N3O3S. The number of benzene rings is 1.